The summed E-state index contributed by atoms with van der Waals surface area (Å²) in [7, 11) is 0. The summed E-state index contributed by atoms with van der Waals surface area (Å²) in [6.07, 6.45) is 1.49. The normalized spacial score (nSPS) is 24.6. The summed E-state index contributed by atoms with van der Waals surface area (Å²) in [5.74, 6) is 0.608. The van der Waals surface area contributed by atoms with Crippen LogP contribution < -0.4 is 5.32 Å². The van der Waals surface area contributed by atoms with Crippen LogP contribution in [-0.4, -0.2) is 18.8 Å². The Bertz CT molecular complexity index is 464. The average Bonchev–Trinajstić information content (AvgIpc) is 2.36. The van der Waals surface area contributed by atoms with Crippen LogP contribution in [0.1, 0.15) is 45.2 Å². The number of hydrogen-bond donors (Lipinski definition) is 1. The van der Waals surface area contributed by atoms with Gasteiger partial charge in [-0.1, -0.05) is 39.8 Å². The molecule has 1 saturated carbocycles. The Hall–Kier alpha value is -1.02. The Morgan fingerprint density at radius 3 is 2.60 bits per heavy atom. The predicted octanol–water partition coefficient (Wildman–Crippen LogP) is 4.56. The maximum absolute atomic E-state index is 6.04. The molecule has 0 saturated heterocycles. The van der Waals surface area contributed by atoms with Crippen LogP contribution in [0.2, 0.25) is 0 Å². The summed E-state index contributed by atoms with van der Waals surface area (Å²) in [6.45, 7) is 14.2. The third-order valence-electron chi connectivity index (χ3n) is 4.53. The average molecular weight is 275 g/mol. The molecule has 1 aromatic carbocycles. The van der Waals surface area contributed by atoms with Crippen LogP contribution in [0.25, 0.3) is 0 Å². The monoisotopic (exact) mass is 275 g/mol. The van der Waals surface area contributed by atoms with Crippen molar-refractivity contribution in [3.63, 3.8) is 0 Å². The summed E-state index contributed by atoms with van der Waals surface area (Å²) in [4.78, 5) is 0. The lowest BCUT2D eigenvalue weighted by Crippen LogP contribution is -2.58. The zero-order chi connectivity index (χ0) is 14.9. The highest BCUT2D eigenvalue weighted by molar-refractivity contribution is 5.54. The van der Waals surface area contributed by atoms with Crippen LogP contribution in [0.3, 0.4) is 0 Å². The fraction of sp³-hybridized carbons (Fsp3) is 0.667. The van der Waals surface area contributed by atoms with E-state index in [1.165, 1.54) is 16.8 Å². The van der Waals surface area contributed by atoms with E-state index in [1.807, 2.05) is 0 Å². The molecule has 0 aliphatic heterocycles. The van der Waals surface area contributed by atoms with E-state index in [0.717, 1.165) is 13.0 Å². The molecule has 112 valence electrons. The van der Waals surface area contributed by atoms with Crippen molar-refractivity contribution in [2.75, 3.05) is 11.9 Å². The molecule has 2 atom stereocenters. The molecule has 1 N–H and O–H groups in total. The molecule has 0 spiro atoms. The highest BCUT2D eigenvalue weighted by atomic mass is 16.5. The molecule has 1 aromatic rings. The first-order chi connectivity index (χ1) is 9.30. The maximum atomic E-state index is 6.04. The van der Waals surface area contributed by atoms with Crippen LogP contribution in [0.4, 0.5) is 5.69 Å². The molecule has 1 aliphatic rings. The zero-order valence-electron chi connectivity index (χ0n) is 13.8. The van der Waals surface area contributed by atoms with E-state index in [2.05, 4.69) is 65.1 Å². The first kappa shape index (κ1) is 15.4. The molecule has 0 bridgehead atoms. The fourth-order valence-electron chi connectivity index (χ4n) is 2.80. The van der Waals surface area contributed by atoms with E-state index in [1.54, 1.807) is 0 Å². The molecule has 1 fully saturated rings. The third kappa shape index (κ3) is 3.17. The van der Waals surface area contributed by atoms with Gasteiger partial charge >= 0.3 is 0 Å². The number of ether oxygens (including phenoxy) is 1. The highest BCUT2D eigenvalue weighted by Gasteiger charge is 2.49. The van der Waals surface area contributed by atoms with Gasteiger partial charge in [0.2, 0.25) is 0 Å². The summed E-state index contributed by atoms with van der Waals surface area (Å²) in [5, 5.41) is 3.72. The molecule has 0 radical (unpaired) electrons. The van der Waals surface area contributed by atoms with Gasteiger partial charge in [0, 0.05) is 23.8 Å². The van der Waals surface area contributed by atoms with Gasteiger partial charge < -0.3 is 10.1 Å². The van der Waals surface area contributed by atoms with Gasteiger partial charge in [0.15, 0.2) is 0 Å². The molecular weight excluding hydrogens is 246 g/mol. The quantitative estimate of drug-likeness (QED) is 0.851. The van der Waals surface area contributed by atoms with Gasteiger partial charge in [-0.15, -0.1) is 0 Å². The second-order valence-corrected chi connectivity index (χ2v) is 7.29. The second kappa shape index (κ2) is 5.77. The lowest BCUT2D eigenvalue weighted by molar-refractivity contribution is -0.108. The first-order valence-electron chi connectivity index (χ1n) is 7.76. The van der Waals surface area contributed by atoms with Crippen molar-refractivity contribution >= 4 is 5.69 Å². The number of benzene rings is 1. The Morgan fingerprint density at radius 1 is 1.30 bits per heavy atom. The Balaban J connectivity index is 1.97. The maximum Gasteiger partial charge on any atom is 0.0665 e. The molecular formula is C18H29NO. The van der Waals surface area contributed by atoms with Crippen molar-refractivity contribution in [1.82, 2.24) is 0 Å². The highest BCUT2D eigenvalue weighted by Crippen LogP contribution is 2.44. The third-order valence-corrected chi connectivity index (χ3v) is 4.53. The van der Waals surface area contributed by atoms with Gasteiger partial charge in [0.1, 0.15) is 0 Å². The van der Waals surface area contributed by atoms with Crippen molar-refractivity contribution < 1.29 is 4.74 Å². The Morgan fingerprint density at radius 2 is 2.00 bits per heavy atom. The molecule has 1 aliphatic carbocycles. The molecule has 2 nitrogen and oxygen atoms in total. The summed E-state index contributed by atoms with van der Waals surface area (Å²) < 4.78 is 6.04. The van der Waals surface area contributed by atoms with Crippen LogP contribution in [0, 0.1) is 25.2 Å². The number of aryl methyl sites for hydroxylation is 2. The van der Waals surface area contributed by atoms with E-state index in [4.69, 9.17) is 4.74 Å². The van der Waals surface area contributed by atoms with E-state index < -0.39 is 0 Å². The number of anilines is 1. The zero-order valence-corrected chi connectivity index (χ0v) is 13.8. The largest absolute Gasteiger partial charge is 0.381 e. The SMILES string of the molecule is Cc1ccc(C)c(NC2CC(OCC(C)C)C2(C)C)c1. The summed E-state index contributed by atoms with van der Waals surface area (Å²) in [6, 6.07) is 7.10. The van der Waals surface area contributed by atoms with E-state index in [-0.39, 0.29) is 5.41 Å². The van der Waals surface area contributed by atoms with Gasteiger partial charge in [-0.25, -0.2) is 0 Å². The summed E-state index contributed by atoms with van der Waals surface area (Å²) >= 11 is 0. The van der Waals surface area contributed by atoms with Gasteiger partial charge in [-0.3, -0.25) is 0 Å². The topological polar surface area (TPSA) is 21.3 Å². The van der Waals surface area contributed by atoms with Crippen molar-refractivity contribution in [3.05, 3.63) is 29.3 Å². The minimum Gasteiger partial charge on any atom is -0.381 e. The van der Waals surface area contributed by atoms with Gasteiger partial charge in [-0.2, -0.15) is 0 Å². The smallest absolute Gasteiger partial charge is 0.0665 e. The number of hydrogen-bond acceptors (Lipinski definition) is 2. The molecule has 2 heteroatoms. The molecule has 2 rings (SSSR count). The van der Waals surface area contributed by atoms with Gasteiger partial charge in [0.05, 0.1) is 6.10 Å². The Labute approximate surface area is 123 Å². The summed E-state index contributed by atoms with van der Waals surface area (Å²) in [5.41, 5.74) is 4.09. The minimum atomic E-state index is 0.199. The predicted molar refractivity (Wildman–Crippen MR) is 86.3 cm³/mol. The van der Waals surface area contributed by atoms with Crippen molar-refractivity contribution in [3.8, 4) is 0 Å². The van der Waals surface area contributed by atoms with Crippen LogP contribution >= 0.6 is 0 Å². The van der Waals surface area contributed by atoms with Gasteiger partial charge in [-0.05, 0) is 43.4 Å². The van der Waals surface area contributed by atoms with Crippen LogP contribution in [0.5, 0.6) is 0 Å². The van der Waals surface area contributed by atoms with Gasteiger partial charge in [0.25, 0.3) is 0 Å². The second-order valence-electron chi connectivity index (χ2n) is 7.29. The lowest BCUT2D eigenvalue weighted by atomic mass is 9.64. The number of nitrogens with one attached hydrogen (secondary N) is 1. The van der Waals surface area contributed by atoms with Crippen molar-refractivity contribution in [2.24, 2.45) is 11.3 Å². The van der Waals surface area contributed by atoms with Crippen LogP contribution in [0.15, 0.2) is 18.2 Å². The molecule has 2 unspecified atom stereocenters. The number of rotatable bonds is 5. The molecule has 0 aromatic heterocycles. The molecule has 0 heterocycles. The van der Waals surface area contributed by atoms with Crippen molar-refractivity contribution in [1.29, 1.82) is 0 Å². The Kier molecular flexibility index (Phi) is 4.43. The standard InChI is InChI=1S/C18H29NO/c1-12(2)11-20-17-10-16(18(17,5)6)19-15-9-13(3)7-8-14(15)4/h7-9,12,16-17,19H,10-11H2,1-6H3. The lowest BCUT2D eigenvalue weighted by Gasteiger charge is -2.52. The minimum absolute atomic E-state index is 0.199. The van der Waals surface area contributed by atoms with E-state index in [9.17, 15) is 0 Å². The first-order valence-corrected chi connectivity index (χ1v) is 7.76. The van der Waals surface area contributed by atoms with Crippen LogP contribution in [-0.2, 0) is 4.74 Å². The van der Waals surface area contributed by atoms with E-state index >= 15 is 0 Å². The van der Waals surface area contributed by atoms with Crippen molar-refractivity contribution in [2.45, 2.75) is 60.1 Å². The van der Waals surface area contributed by atoms with E-state index in [0.29, 0.717) is 18.1 Å². The molecule has 0 amide bonds. The molecule has 20 heavy (non-hydrogen) atoms. The fourth-order valence-corrected chi connectivity index (χ4v) is 2.80.